The summed E-state index contributed by atoms with van der Waals surface area (Å²) in [5, 5.41) is 29.8. The number of ether oxygens (including phenoxy) is 2. The second kappa shape index (κ2) is 7.06. The Labute approximate surface area is 158 Å². The van der Waals surface area contributed by atoms with E-state index in [2.05, 4.69) is 18.2 Å². The molecule has 0 saturated heterocycles. The van der Waals surface area contributed by atoms with Crippen LogP contribution in [0.15, 0.2) is 41.1 Å². The predicted octanol–water partition coefficient (Wildman–Crippen LogP) is 3.30. The van der Waals surface area contributed by atoms with Gasteiger partial charge in [0.1, 0.15) is 6.07 Å². The topological polar surface area (TPSA) is 116 Å². The molecule has 2 atom stereocenters. The highest BCUT2D eigenvalue weighted by molar-refractivity contribution is 5.61. The van der Waals surface area contributed by atoms with Crippen molar-refractivity contribution in [2.75, 3.05) is 14.2 Å². The molecule has 2 aliphatic rings. The maximum atomic E-state index is 10.0. The number of hydrogen-bond acceptors (Lipinski definition) is 6. The molecule has 0 radical (unpaired) electrons. The minimum Gasteiger partial charge on any atom is -0.493 e. The predicted molar refractivity (Wildman–Crippen MR) is 98.2 cm³/mol. The van der Waals surface area contributed by atoms with Crippen molar-refractivity contribution in [1.82, 2.24) is 0 Å². The van der Waals surface area contributed by atoms with Gasteiger partial charge in [-0.15, -0.1) is 0 Å². The van der Waals surface area contributed by atoms with Crippen molar-refractivity contribution in [2.24, 2.45) is 17.1 Å². The van der Waals surface area contributed by atoms with Gasteiger partial charge in [0, 0.05) is 11.5 Å². The van der Waals surface area contributed by atoms with Gasteiger partial charge in [-0.2, -0.15) is 15.8 Å². The maximum absolute atomic E-state index is 10.0. The average Bonchev–Trinajstić information content (AvgIpc) is 2.72. The van der Waals surface area contributed by atoms with Gasteiger partial charge in [-0.1, -0.05) is 18.2 Å². The lowest BCUT2D eigenvalue weighted by Gasteiger charge is -2.43. The molecule has 0 fully saturated rings. The average molecular weight is 360 g/mol. The first-order valence-corrected chi connectivity index (χ1v) is 8.73. The highest BCUT2D eigenvalue weighted by Crippen LogP contribution is 2.58. The smallest absolute Gasteiger partial charge is 0.191 e. The molecule has 1 aromatic rings. The standard InChI is InChI=1S/C21H20N4O2/c1-26-17-9-5-8-15(19(17)27-2)18-14-7-4-3-6-13(14)16(10-22)20(25)21(18,11-23)12-24/h5-6,8-9,14,18H,3-4,7,25H2,1-2H3/t14-,18-/m1/s1. The van der Waals surface area contributed by atoms with E-state index >= 15 is 0 Å². The Bertz CT molecular complexity index is 942. The van der Waals surface area contributed by atoms with Crippen LogP contribution in [0.25, 0.3) is 0 Å². The quantitative estimate of drug-likeness (QED) is 0.884. The molecule has 27 heavy (non-hydrogen) atoms. The van der Waals surface area contributed by atoms with E-state index in [1.54, 1.807) is 13.2 Å². The second-order valence-electron chi connectivity index (χ2n) is 6.69. The molecule has 0 amide bonds. The molecule has 0 bridgehead atoms. The van der Waals surface area contributed by atoms with Crippen LogP contribution in [0.5, 0.6) is 11.5 Å². The number of rotatable bonds is 3. The molecule has 0 aliphatic heterocycles. The second-order valence-corrected chi connectivity index (χ2v) is 6.69. The fourth-order valence-corrected chi connectivity index (χ4v) is 4.37. The molecule has 0 aromatic heterocycles. The van der Waals surface area contributed by atoms with Gasteiger partial charge in [-0.25, -0.2) is 0 Å². The third kappa shape index (κ3) is 2.52. The number of benzene rings is 1. The first-order chi connectivity index (χ1) is 13.1. The summed E-state index contributed by atoms with van der Waals surface area (Å²) in [7, 11) is 3.07. The number of nitrogens with zero attached hydrogens (tertiary/aromatic N) is 3. The zero-order chi connectivity index (χ0) is 19.6. The first kappa shape index (κ1) is 18.4. The van der Waals surface area contributed by atoms with Crippen molar-refractivity contribution >= 4 is 0 Å². The Kier molecular flexibility index (Phi) is 4.80. The van der Waals surface area contributed by atoms with Crippen LogP contribution in [0.1, 0.15) is 30.7 Å². The lowest BCUT2D eigenvalue weighted by atomic mass is 9.56. The molecular formula is C21H20N4O2. The number of nitrogens with two attached hydrogens (primary N) is 1. The Morgan fingerprint density at radius 1 is 1.15 bits per heavy atom. The lowest BCUT2D eigenvalue weighted by molar-refractivity contribution is 0.297. The summed E-state index contributed by atoms with van der Waals surface area (Å²) >= 11 is 0. The van der Waals surface area contributed by atoms with Gasteiger partial charge in [0.25, 0.3) is 0 Å². The third-order valence-electron chi connectivity index (χ3n) is 5.57. The highest BCUT2D eigenvalue weighted by Gasteiger charge is 2.54. The van der Waals surface area contributed by atoms with E-state index in [0.717, 1.165) is 24.8 Å². The Morgan fingerprint density at radius 3 is 2.48 bits per heavy atom. The third-order valence-corrected chi connectivity index (χ3v) is 5.57. The van der Waals surface area contributed by atoms with Crippen LogP contribution in [-0.2, 0) is 0 Å². The van der Waals surface area contributed by atoms with E-state index < -0.39 is 11.3 Å². The van der Waals surface area contributed by atoms with E-state index in [4.69, 9.17) is 15.2 Å². The molecule has 2 aliphatic carbocycles. The van der Waals surface area contributed by atoms with Crippen LogP contribution in [0.2, 0.25) is 0 Å². The number of fused-ring (bicyclic) bond motifs is 1. The van der Waals surface area contributed by atoms with E-state index in [1.807, 2.05) is 18.2 Å². The monoisotopic (exact) mass is 360 g/mol. The van der Waals surface area contributed by atoms with Gasteiger partial charge >= 0.3 is 0 Å². The Balaban J connectivity index is 2.38. The summed E-state index contributed by atoms with van der Waals surface area (Å²) in [5.41, 5.74) is 6.45. The molecule has 6 nitrogen and oxygen atoms in total. The van der Waals surface area contributed by atoms with Gasteiger partial charge in [0.2, 0.25) is 0 Å². The van der Waals surface area contributed by atoms with Gasteiger partial charge in [-0.05, 0) is 36.8 Å². The zero-order valence-corrected chi connectivity index (χ0v) is 15.3. The van der Waals surface area contributed by atoms with Gasteiger partial charge in [-0.3, -0.25) is 0 Å². The van der Waals surface area contributed by atoms with Crippen LogP contribution in [0, 0.1) is 45.3 Å². The summed E-state index contributed by atoms with van der Waals surface area (Å²) in [5.74, 6) is 0.287. The first-order valence-electron chi connectivity index (χ1n) is 8.73. The summed E-state index contributed by atoms with van der Waals surface area (Å²) in [6.07, 6.45) is 4.54. The number of allylic oxidation sites excluding steroid dienone is 4. The van der Waals surface area contributed by atoms with Crippen LogP contribution >= 0.6 is 0 Å². The number of para-hydroxylation sites is 1. The van der Waals surface area contributed by atoms with E-state index in [1.165, 1.54) is 7.11 Å². The van der Waals surface area contributed by atoms with Crippen molar-refractivity contribution in [2.45, 2.75) is 25.2 Å². The van der Waals surface area contributed by atoms with Crippen LogP contribution < -0.4 is 15.2 Å². The van der Waals surface area contributed by atoms with Crippen molar-refractivity contribution < 1.29 is 9.47 Å². The minimum atomic E-state index is -1.65. The fraction of sp³-hybridized carbons (Fsp3) is 0.381. The zero-order valence-electron chi connectivity index (χ0n) is 15.3. The SMILES string of the molecule is COc1cccc([C@H]2[C@@H]3CCCC=C3C(C#N)=C(N)C2(C#N)C#N)c1OC. The molecular weight excluding hydrogens is 340 g/mol. The summed E-state index contributed by atoms with van der Waals surface area (Å²) in [6.45, 7) is 0. The molecule has 136 valence electrons. The van der Waals surface area contributed by atoms with Crippen molar-refractivity contribution in [3.8, 4) is 29.7 Å². The van der Waals surface area contributed by atoms with Gasteiger partial charge < -0.3 is 15.2 Å². The molecule has 0 heterocycles. The molecule has 0 unspecified atom stereocenters. The lowest BCUT2D eigenvalue weighted by Crippen LogP contribution is -2.42. The van der Waals surface area contributed by atoms with Crippen LogP contribution in [0.4, 0.5) is 0 Å². The summed E-state index contributed by atoms with van der Waals surface area (Å²) in [4.78, 5) is 0. The largest absolute Gasteiger partial charge is 0.493 e. The van der Waals surface area contributed by atoms with E-state index in [0.29, 0.717) is 17.1 Å². The Hall–Kier alpha value is -3.43. The van der Waals surface area contributed by atoms with E-state index in [-0.39, 0.29) is 17.2 Å². The number of hydrogen-bond donors (Lipinski definition) is 1. The minimum absolute atomic E-state index is 0.0225. The summed E-state index contributed by atoms with van der Waals surface area (Å²) in [6, 6.07) is 11.8. The molecule has 3 rings (SSSR count). The normalized spacial score (nSPS) is 23.1. The van der Waals surface area contributed by atoms with Crippen molar-refractivity contribution in [1.29, 1.82) is 15.8 Å². The molecule has 0 saturated carbocycles. The van der Waals surface area contributed by atoms with Crippen molar-refractivity contribution in [3.63, 3.8) is 0 Å². The maximum Gasteiger partial charge on any atom is 0.191 e. The Morgan fingerprint density at radius 2 is 1.89 bits per heavy atom. The van der Waals surface area contributed by atoms with E-state index in [9.17, 15) is 15.8 Å². The number of methoxy groups -OCH3 is 2. The molecule has 1 aromatic carbocycles. The van der Waals surface area contributed by atoms with Gasteiger partial charge in [0.15, 0.2) is 16.9 Å². The van der Waals surface area contributed by atoms with Crippen LogP contribution in [-0.4, -0.2) is 14.2 Å². The summed E-state index contributed by atoms with van der Waals surface area (Å²) < 4.78 is 11.0. The number of nitriles is 3. The fourth-order valence-electron chi connectivity index (χ4n) is 4.37. The highest BCUT2D eigenvalue weighted by atomic mass is 16.5. The van der Waals surface area contributed by atoms with Crippen LogP contribution in [0.3, 0.4) is 0 Å². The molecule has 6 heteroatoms. The molecule has 0 spiro atoms. The van der Waals surface area contributed by atoms with Crippen molar-refractivity contribution in [3.05, 3.63) is 46.7 Å². The molecule has 2 N–H and O–H groups in total. The van der Waals surface area contributed by atoms with Gasteiger partial charge in [0.05, 0.1) is 37.6 Å².